The number of hydrogen-bond donors (Lipinski definition) is 4. The summed E-state index contributed by atoms with van der Waals surface area (Å²) in [5.74, 6) is 6.62. The van der Waals surface area contributed by atoms with E-state index in [0.717, 1.165) is 55.4 Å². The number of nitrogens with two attached hydrogens (primary N) is 2. The van der Waals surface area contributed by atoms with Crippen LogP contribution in [0.3, 0.4) is 0 Å². The Bertz CT molecular complexity index is 584. The second-order valence-electron chi connectivity index (χ2n) is 6.99. The minimum absolute atomic E-state index is 0.0163. The van der Waals surface area contributed by atoms with Crippen molar-refractivity contribution in [2.45, 2.75) is 69.7 Å². The Hall–Kier alpha value is -1.63. The fraction of sp³-hybridized carbons (Fsp3) is 0.611. The van der Waals surface area contributed by atoms with Crippen LogP contribution in [-0.2, 0) is 11.3 Å². The van der Waals surface area contributed by atoms with Crippen LogP contribution in [-0.4, -0.2) is 30.1 Å². The lowest BCUT2D eigenvalue weighted by atomic mass is 9.91. The zero-order valence-electron chi connectivity index (χ0n) is 14.3. The van der Waals surface area contributed by atoms with Gasteiger partial charge in [0.25, 0.3) is 0 Å². The molecule has 0 aromatic heterocycles. The Labute approximate surface area is 143 Å². The van der Waals surface area contributed by atoms with E-state index in [1.807, 2.05) is 19.1 Å². The number of aryl methyl sites for hydroxylation is 1. The molecule has 0 saturated heterocycles. The van der Waals surface area contributed by atoms with Gasteiger partial charge in [0.15, 0.2) is 0 Å². The van der Waals surface area contributed by atoms with Crippen LogP contribution >= 0.6 is 0 Å². The Kier molecular flexibility index (Phi) is 5.38. The fourth-order valence-electron chi connectivity index (χ4n) is 3.53. The SMILES string of the molecule is C[C@H](ON)[C@H]1CCc2cc(C(=N)N[C@H]3CC[C@H](N)CC3)ccc2O1. The van der Waals surface area contributed by atoms with E-state index in [4.69, 9.17) is 26.6 Å². The maximum atomic E-state index is 8.35. The van der Waals surface area contributed by atoms with E-state index < -0.39 is 0 Å². The van der Waals surface area contributed by atoms with Crippen molar-refractivity contribution >= 4 is 5.84 Å². The van der Waals surface area contributed by atoms with E-state index in [2.05, 4.69) is 11.4 Å². The molecule has 132 valence electrons. The first-order valence-corrected chi connectivity index (χ1v) is 8.83. The molecule has 0 spiro atoms. The van der Waals surface area contributed by atoms with Crippen molar-refractivity contribution in [3.05, 3.63) is 29.3 Å². The molecule has 6 N–H and O–H groups in total. The number of benzene rings is 1. The van der Waals surface area contributed by atoms with E-state index in [9.17, 15) is 0 Å². The van der Waals surface area contributed by atoms with Crippen LogP contribution in [0.1, 0.15) is 50.2 Å². The third-order valence-corrected chi connectivity index (χ3v) is 5.18. The lowest BCUT2D eigenvalue weighted by molar-refractivity contribution is -0.0238. The highest BCUT2D eigenvalue weighted by Gasteiger charge is 2.26. The van der Waals surface area contributed by atoms with Crippen LogP contribution in [0, 0.1) is 5.41 Å². The van der Waals surface area contributed by atoms with Gasteiger partial charge in [-0.15, -0.1) is 0 Å². The number of ether oxygens (including phenoxy) is 1. The highest BCUT2D eigenvalue weighted by Crippen LogP contribution is 2.30. The van der Waals surface area contributed by atoms with Crippen molar-refractivity contribution in [1.29, 1.82) is 5.41 Å². The molecule has 1 aromatic carbocycles. The smallest absolute Gasteiger partial charge is 0.127 e. The third-order valence-electron chi connectivity index (χ3n) is 5.18. The molecule has 0 unspecified atom stereocenters. The zero-order valence-corrected chi connectivity index (χ0v) is 14.3. The molecule has 0 amide bonds. The maximum Gasteiger partial charge on any atom is 0.127 e. The number of hydrogen-bond acceptors (Lipinski definition) is 5. The Morgan fingerprint density at radius 1 is 1.29 bits per heavy atom. The van der Waals surface area contributed by atoms with E-state index in [1.165, 1.54) is 0 Å². The molecular formula is C18H28N4O2. The molecule has 1 aliphatic heterocycles. The first kappa shape index (κ1) is 17.2. The Morgan fingerprint density at radius 3 is 2.75 bits per heavy atom. The van der Waals surface area contributed by atoms with E-state index in [-0.39, 0.29) is 12.2 Å². The van der Waals surface area contributed by atoms with Crippen LogP contribution < -0.4 is 21.7 Å². The molecule has 6 heteroatoms. The average Bonchev–Trinajstić information content (AvgIpc) is 2.62. The largest absolute Gasteiger partial charge is 0.487 e. The second kappa shape index (κ2) is 7.51. The summed E-state index contributed by atoms with van der Waals surface area (Å²) >= 11 is 0. The number of nitrogens with one attached hydrogen (secondary N) is 2. The van der Waals surface area contributed by atoms with Crippen molar-refractivity contribution in [2.24, 2.45) is 11.6 Å². The van der Waals surface area contributed by atoms with Crippen molar-refractivity contribution in [3.8, 4) is 5.75 Å². The van der Waals surface area contributed by atoms with Gasteiger partial charge >= 0.3 is 0 Å². The third kappa shape index (κ3) is 3.88. The molecule has 1 saturated carbocycles. The molecule has 2 atom stereocenters. The molecule has 6 nitrogen and oxygen atoms in total. The van der Waals surface area contributed by atoms with Gasteiger partial charge in [0.2, 0.25) is 0 Å². The highest BCUT2D eigenvalue weighted by molar-refractivity contribution is 5.96. The Morgan fingerprint density at radius 2 is 2.04 bits per heavy atom. The van der Waals surface area contributed by atoms with Gasteiger partial charge in [-0.05, 0) is 69.2 Å². The predicted octanol–water partition coefficient (Wildman–Crippen LogP) is 1.84. The standard InChI is InChI=1S/C18H28N4O2/c1-11(24-21)16-8-2-12-10-13(3-9-17(12)23-16)18(20)22-15-6-4-14(19)5-7-15/h3,9-11,14-16H,2,4-8,19,21H2,1H3,(H2,20,22)/t11-,14-,15-,16+/m0/s1. The van der Waals surface area contributed by atoms with E-state index >= 15 is 0 Å². The van der Waals surface area contributed by atoms with Gasteiger partial charge in [0, 0.05) is 17.6 Å². The maximum absolute atomic E-state index is 8.35. The van der Waals surface area contributed by atoms with Gasteiger partial charge < -0.3 is 15.8 Å². The molecule has 0 bridgehead atoms. The zero-order chi connectivity index (χ0) is 17.1. The summed E-state index contributed by atoms with van der Waals surface area (Å²) < 4.78 is 5.97. The summed E-state index contributed by atoms with van der Waals surface area (Å²) in [7, 11) is 0. The molecule has 2 aliphatic rings. The molecular weight excluding hydrogens is 304 g/mol. The lowest BCUT2D eigenvalue weighted by Gasteiger charge is -2.30. The molecule has 1 aliphatic carbocycles. The topological polar surface area (TPSA) is 106 Å². The van der Waals surface area contributed by atoms with Gasteiger partial charge in [0.05, 0.1) is 0 Å². The molecule has 1 fully saturated rings. The lowest BCUT2D eigenvalue weighted by Crippen LogP contribution is -2.40. The fourth-order valence-corrected chi connectivity index (χ4v) is 3.53. The quantitative estimate of drug-likeness (QED) is 0.382. The van der Waals surface area contributed by atoms with Gasteiger partial charge in [-0.2, -0.15) is 0 Å². The minimum atomic E-state index is -0.129. The summed E-state index contributed by atoms with van der Waals surface area (Å²) in [6, 6.07) is 6.64. The molecule has 1 heterocycles. The first-order valence-electron chi connectivity index (χ1n) is 8.83. The minimum Gasteiger partial charge on any atom is -0.487 e. The van der Waals surface area contributed by atoms with Crippen LogP contribution in [0.4, 0.5) is 0 Å². The molecule has 1 aromatic rings. The van der Waals surface area contributed by atoms with Crippen LogP contribution in [0.25, 0.3) is 0 Å². The van der Waals surface area contributed by atoms with Crippen LogP contribution in [0.2, 0.25) is 0 Å². The van der Waals surface area contributed by atoms with Crippen molar-refractivity contribution in [2.75, 3.05) is 0 Å². The molecule has 3 rings (SSSR count). The number of fused-ring (bicyclic) bond motifs is 1. The number of rotatable bonds is 4. The Balaban J connectivity index is 1.63. The predicted molar refractivity (Wildman–Crippen MR) is 94.1 cm³/mol. The summed E-state index contributed by atoms with van der Waals surface area (Å²) in [5, 5.41) is 11.7. The van der Waals surface area contributed by atoms with Gasteiger partial charge in [-0.25, -0.2) is 5.90 Å². The van der Waals surface area contributed by atoms with E-state index in [1.54, 1.807) is 0 Å². The highest BCUT2D eigenvalue weighted by atomic mass is 16.6. The summed E-state index contributed by atoms with van der Waals surface area (Å²) in [4.78, 5) is 4.88. The normalized spacial score (nSPS) is 27.7. The van der Waals surface area contributed by atoms with Crippen LogP contribution in [0.5, 0.6) is 5.75 Å². The van der Waals surface area contributed by atoms with Crippen molar-refractivity contribution in [3.63, 3.8) is 0 Å². The van der Waals surface area contributed by atoms with E-state index in [0.29, 0.717) is 17.9 Å². The van der Waals surface area contributed by atoms with Crippen LogP contribution in [0.15, 0.2) is 18.2 Å². The average molecular weight is 332 g/mol. The molecule has 0 radical (unpaired) electrons. The summed E-state index contributed by atoms with van der Waals surface area (Å²) in [6.45, 7) is 1.92. The van der Waals surface area contributed by atoms with Crippen molar-refractivity contribution < 1.29 is 9.57 Å². The second-order valence-corrected chi connectivity index (χ2v) is 6.99. The van der Waals surface area contributed by atoms with Crippen molar-refractivity contribution in [1.82, 2.24) is 5.32 Å². The van der Waals surface area contributed by atoms with Gasteiger partial charge in [-0.3, -0.25) is 10.2 Å². The van der Waals surface area contributed by atoms with Gasteiger partial charge in [0.1, 0.15) is 23.8 Å². The van der Waals surface area contributed by atoms with Gasteiger partial charge in [-0.1, -0.05) is 0 Å². The monoisotopic (exact) mass is 332 g/mol. The summed E-state index contributed by atoms with van der Waals surface area (Å²) in [6.07, 6.45) is 5.78. The summed E-state index contributed by atoms with van der Waals surface area (Å²) in [5.41, 5.74) is 8.00. The molecule has 24 heavy (non-hydrogen) atoms. The number of amidine groups is 1. The first-order chi connectivity index (χ1) is 11.6.